The van der Waals surface area contributed by atoms with Gasteiger partial charge in [0.2, 0.25) is 11.8 Å². The van der Waals surface area contributed by atoms with Gasteiger partial charge < -0.3 is 16.0 Å². The standard InChI is InChI=1S/C18H25F2N3O2/c1-3-12(2)17(25)23-9-14-7-5-4-6-13(14)8-15(23)16(24)22-11-18(19,20)10-21/h4-7,12,15H,3,8-11,21H2,1-2H3,(H,22,24). The lowest BCUT2D eigenvalue weighted by atomic mass is 9.92. The van der Waals surface area contributed by atoms with Crippen molar-refractivity contribution in [3.8, 4) is 0 Å². The zero-order valence-electron chi connectivity index (χ0n) is 14.6. The number of nitrogens with two attached hydrogens (primary N) is 1. The summed E-state index contributed by atoms with van der Waals surface area (Å²) >= 11 is 0. The van der Waals surface area contributed by atoms with Gasteiger partial charge in [-0.1, -0.05) is 38.1 Å². The molecule has 2 rings (SSSR count). The van der Waals surface area contributed by atoms with Crippen molar-refractivity contribution in [3.63, 3.8) is 0 Å². The van der Waals surface area contributed by atoms with Gasteiger partial charge >= 0.3 is 0 Å². The van der Waals surface area contributed by atoms with Gasteiger partial charge in [0.1, 0.15) is 6.04 Å². The Kier molecular flexibility index (Phi) is 6.11. The van der Waals surface area contributed by atoms with E-state index in [4.69, 9.17) is 5.73 Å². The van der Waals surface area contributed by atoms with Crippen molar-refractivity contribution in [2.75, 3.05) is 13.1 Å². The normalized spacial score (nSPS) is 18.4. The minimum atomic E-state index is -3.16. The highest BCUT2D eigenvalue weighted by Gasteiger charge is 2.37. The van der Waals surface area contributed by atoms with Gasteiger partial charge in [0, 0.05) is 18.9 Å². The Balaban J connectivity index is 2.22. The molecule has 138 valence electrons. The average molecular weight is 353 g/mol. The van der Waals surface area contributed by atoms with E-state index < -0.39 is 31.0 Å². The SMILES string of the molecule is CCC(C)C(=O)N1Cc2ccccc2CC1C(=O)NCC(F)(F)CN. The minimum Gasteiger partial charge on any atom is -0.348 e. The number of amides is 2. The Bertz CT molecular complexity index is 637. The first-order chi connectivity index (χ1) is 11.8. The fourth-order valence-electron chi connectivity index (χ4n) is 2.85. The molecule has 0 aliphatic carbocycles. The van der Waals surface area contributed by atoms with Crippen LogP contribution in [0.15, 0.2) is 24.3 Å². The lowest BCUT2D eigenvalue weighted by Crippen LogP contribution is -2.55. The molecule has 0 saturated heterocycles. The molecule has 0 radical (unpaired) electrons. The maximum absolute atomic E-state index is 13.3. The number of fused-ring (bicyclic) bond motifs is 1. The first kappa shape index (κ1) is 19.3. The van der Waals surface area contributed by atoms with Crippen LogP contribution >= 0.6 is 0 Å². The Morgan fingerprint density at radius 3 is 2.60 bits per heavy atom. The van der Waals surface area contributed by atoms with E-state index in [2.05, 4.69) is 5.32 Å². The van der Waals surface area contributed by atoms with Gasteiger partial charge in [-0.25, -0.2) is 8.78 Å². The van der Waals surface area contributed by atoms with Gasteiger partial charge in [-0.2, -0.15) is 0 Å². The van der Waals surface area contributed by atoms with E-state index in [0.29, 0.717) is 19.4 Å². The van der Waals surface area contributed by atoms with Crippen molar-refractivity contribution in [1.82, 2.24) is 10.2 Å². The molecule has 0 bridgehead atoms. The Morgan fingerprint density at radius 2 is 2.00 bits per heavy atom. The third-order valence-corrected chi connectivity index (χ3v) is 4.69. The number of nitrogens with zero attached hydrogens (tertiary/aromatic N) is 1. The molecular formula is C18H25F2N3O2. The van der Waals surface area contributed by atoms with Crippen molar-refractivity contribution < 1.29 is 18.4 Å². The zero-order valence-corrected chi connectivity index (χ0v) is 14.6. The van der Waals surface area contributed by atoms with Gasteiger partial charge in [0.05, 0.1) is 13.1 Å². The number of carbonyl (C=O) groups is 2. The second kappa shape index (κ2) is 7.91. The molecule has 3 N–H and O–H groups in total. The summed E-state index contributed by atoms with van der Waals surface area (Å²) in [6.45, 7) is 2.35. The lowest BCUT2D eigenvalue weighted by Gasteiger charge is -2.37. The van der Waals surface area contributed by atoms with Gasteiger partial charge in [0.15, 0.2) is 0 Å². The van der Waals surface area contributed by atoms with Crippen LogP contribution in [0.2, 0.25) is 0 Å². The van der Waals surface area contributed by atoms with Crippen LogP contribution in [0.1, 0.15) is 31.4 Å². The molecule has 1 aromatic carbocycles. The van der Waals surface area contributed by atoms with E-state index in [0.717, 1.165) is 11.1 Å². The van der Waals surface area contributed by atoms with E-state index in [1.54, 1.807) is 6.92 Å². The molecule has 0 spiro atoms. The second-order valence-corrected chi connectivity index (χ2v) is 6.54. The Labute approximate surface area is 146 Å². The maximum Gasteiger partial charge on any atom is 0.277 e. The number of alkyl halides is 2. The molecule has 2 amide bonds. The lowest BCUT2D eigenvalue weighted by molar-refractivity contribution is -0.145. The predicted molar refractivity (Wildman–Crippen MR) is 91.0 cm³/mol. The minimum absolute atomic E-state index is 0.136. The van der Waals surface area contributed by atoms with Gasteiger partial charge in [0.25, 0.3) is 5.92 Å². The summed E-state index contributed by atoms with van der Waals surface area (Å²) in [4.78, 5) is 26.7. The Morgan fingerprint density at radius 1 is 1.36 bits per heavy atom. The number of halogens is 2. The van der Waals surface area contributed by atoms with Crippen molar-refractivity contribution in [2.24, 2.45) is 11.7 Å². The molecule has 0 aromatic heterocycles. The summed E-state index contributed by atoms with van der Waals surface area (Å²) in [5.74, 6) is -4.10. The van der Waals surface area contributed by atoms with Gasteiger partial charge in [-0.3, -0.25) is 9.59 Å². The Hall–Kier alpha value is -2.02. The fourth-order valence-corrected chi connectivity index (χ4v) is 2.85. The number of benzene rings is 1. The molecule has 1 aliphatic rings. The molecule has 0 fully saturated rings. The summed E-state index contributed by atoms with van der Waals surface area (Å²) in [6.07, 6.45) is 0.967. The van der Waals surface area contributed by atoms with Crippen molar-refractivity contribution in [3.05, 3.63) is 35.4 Å². The number of nitrogens with one attached hydrogen (secondary N) is 1. The van der Waals surface area contributed by atoms with Crippen molar-refractivity contribution in [1.29, 1.82) is 0 Å². The van der Waals surface area contributed by atoms with Crippen LogP contribution in [0, 0.1) is 5.92 Å². The quantitative estimate of drug-likeness (QED) is 0.817. The molecule has 1 aliphatic heterocycles. The van der Waals surface area contributed by atoms with Crippen LogP contribution in [-0.2, 0) is 22.6 Å². The van der Waals surface area contributed by atoms with Crippen LogP contribution < -0.4 is 11.1 Å². The van der Waals surface area contributed by atoms with Crippen molar-refractivity contribution in [2.45, 2.75) is 45.2 Å². The predicted octanol–water partition coefficient (Wildman–Crippen LogP) is 1.70. The molecule has 0 saturated carbocycles. The largest absolute Gasteiger partial charge is 0.348 e. The van der Waals surface area contributed by atoms with Gasteiger partial charge in [-0.05, 0) is 17.5 Å². The first-order valence-corrected chi connectivity index (χ1v) is 8.52. The van der Waals surface area contributed by atoms with E-state index in [1.807, 2.05) is 31.2 Å². The third-order valence-electron chi connectivity index (χ3n) is 4.69. The van der Waals surface area contributed by atoms with E-state index in [1.165, 1.54) is 4.90 Å². The van der Waals surface area contributed by atoms with Crippen LogP contribution in [0.3, 0.4) is 0 Å². The molecular weight excluding hydrogens is 328 g/mol. The summed E-state index contributed by atoms with van der Waals surface area (Å²) in [5, 5.41) is 2.25. The average Bonchev–Trinajstić information content (AvgIpc) is 2.63. The van der Waals surface area contributed by atoms with Crippen LogP contribution in [0.25, 0.3) is 0 Å². The molecule has 1 heterocycles. The molecule has 2 unspecified atom stereocenters. The number of carbonyl (C=O) groups excluding carboxylic acids is 2. The summed E-state index contributed by atoms with van der Waals surface area (Å²) in [6, 6.07) is 6.78. The van der Waals surface area contributed by atoms with Crippen LogP contribution in [0.5, 0.6) is 0 Å². The summed E-state index contributed by atoms with van der Waals surface area (Å²) < 4.78 is 26.7. The van der Waals surface area contributed by atoms with Crippen LogP contribution in [-0.4, -0.2) is 41.8 Å². The summed E-state index contributed by atoms with van der Waals surface area (Å²) in [7, 11) is 0. The molecule has 1 aromatic rings. The topological polar surface area (TPSA) is 75.4 Å². The van der Waals surface area contributed by atoms with E-state index >= 15 is 0 Å². The monoisotopic (exact) mass is 353 g/mol. The van der Waals surface area contributed by atoms with Gasteiger partial charge in [-0.15, -0.1) is 0 Å². The second-order valence-electron chi connectivity index (χ2n) is 6.54. The smallest absolute Gasteiger partial charge is 0.277 e. The van der Waals surface area contributed by atoms with Crippen molar-refractivity contribution >= 4 is 11.8 Å². The summed E-state index contributed by atoms with van der Waals surface area (Å²) in [5.41, 5.74) is 6.94. The highest BCUT2D eigenvalue weighted by Crippen LogP contribution is 2.25. The van der Waals surface area contributed by atoms with E-state index in [9.17, 15) is 18.4 Å². The molecule has 25 heavy (non-hydrogen) atoms. The molecule has 2 atom stereocenters. The maximum atomic E-state index is 13.3. The fraction of sp³-hybridized carbons (Fsp3) is 0.556. The molecule has 5 nitrogen and oxygen atoms in total. The number of hydrogen-bond acceptors (Lipinski definition) is 3. The number of hydrogen-bond donors (Lipinski definition) is 2. The van der Waals surface area contributed by atoms with E-state index in [-0.39, 0.29) is 11.8 Å². The zero-order chi connectivity index (χ0) is 18.6. The highest BCUT2D eigenvalue weighted by atomic mass is 19.3. The van der Waals surface area contributed by atoms with Crippen LogP contribution in [0.4, 0.5) is 8.78 Å². The third kappa shape index (κ3) is 4.54. The number of rotatable bonds is 6. The highest BCUT2D eigenvalue weighted by molar-refractivity contribution is 5.89. The first-order valence-electron chi connectivity index (χ1n) is 8.52. The molecule has 7 heteroatoms.